The van der Waals surface area contributed by atoms with E-state index in [2.05, 4.69) is 23.6 Å². The molecule has 1 heterocycles. The maximum atomic E-state index is 12.1. The summed E-state index contributed by atoms with van der Waals surface area (Å²) in [6.07, 6.45) is 1.31. The van der Waals surface area contributed by atoms with Gasteiger partial charge in [-0.2, -0.15) is 0 Å². The summed E-state index contributed by atoms with van der Waals surface area (Å²) in [6, 6.07) is 6.10. The first-order valence-corrected chi connectivity index (χ1v) is 6.91. The minimum absolute atomic E-state index is 0. The Hall–Kier alpha value is -1.10. The summed E-state index contributed by atoms with van der Waals surface area (Å²) in [5, 5.41) is 6.26. The first-order chi connectivity index (χ1) is 9.20. The molecule has 0 saturated carbocycles. The Morgan fingerprint density at radius 2 is 2.30 bits per heavy atom. The second-order valence-electron chi connectivity index (χ2n) is 4.91. The predicted octanol–water partition coefficient (Wildman–Crippen LogP) is 2.30. The van der Waals surface area contributed by atoms with Crippen molar-refractivity contribution in [1.29, 1.82) is 0 Å². The Morgan fingerprint density at radius 1 is 1.50 bits per heavy atom. The van der Waals surface area contributed by atoms with Gasteiger partial charge in [0.05, 0.1) is 19.1 Å². The summed E-state index contributed by atoms with van der Waals surface area (Å²) in [5.41, 5.74) is 3.24. The van der Waals surface area contributed by atoms with Crippen molar-refractivity contribution in [3.63, 3.8) is 0 Å². The topological polar surface area (TPSA) is 50.4 Å². The third-order valence-electron chi connectivity index (χ3n) is 3.42. The van der Waals surface area contributed by atoms with Gasteiger partial charge < -0.3 is 15.4 Å². The van der Waals surface area contributed by atoms with Crippen LogP contribution in [0.2, 0.25) is 0 Å². The molecule has 1 amide bonds. The van der Waals surface area contributed by atoms with Crippen LogP contribution in [0.15, 0.2) is 18.2 Å². The predicted molar refractivity (Wildman–Crippen MR) is 83.7 cm³/mol. The van der Waals surface area contributed by atoms with Crippen molar-refractivity contribution in [3.05, 3.63) is 29.3 Å². The Bertz CT molecular complexity index is 445. The van der Waals surface area contributed by atoms with Gasteiger partial charge in [-0.15, -0.1) is 12.4 Å². The molecule has 0 aliphatic carbocycles. The molecule has 4 nitrogen and oxygen atoms in total. The van der Waals surface area contributed by atoms with Gasteiger partial charge in [-0.1, -0.05) is 25.1 Å². The Balaban J connectivity index is 0.00000200. The molecule has 1 aliphatic heterocycles. The summed E-state index contributed by atoms with van der Waals surface area (Å²) in [5.74, 6) is 0.0256. The number of anilines is 1. The van der Waals surface area contributed by atoms with E-state index in [9.17, 15) is 4.79 Å². The van der Waals surface area contributed by atoms with Gasteiger partial charge in [-0.05, 0) is 24.5 Å². The smallest absolute Gasteiger partial charge is 0.227 e. The zero-order chi connectivity index (χ0) is 13.7. The molecule has 0 bridgehead atoms. The highest BCUT2D eigenvalue weighted by Gasteiger charge is 2.18. The third-order valence-corrected chi connectivity index (χ3v) is 3.42. The number of benzene rings is 1. The molecular formula is C15H23ClN2O2. The van der Waals surface area contributed by atoms with Crippen molar-refractivity contribution < 1.29 is 9.53 Å². The molecule has 1 aromatic rings. The highest BCUT2D eigenvalue weighted by atomic mass is 35.5. The molecule has 1 atom stereocenters. The lowest BCUT2D eigenvalue weighted by Gasteiger charge is -2.23. The zero-order valence-electron chi connectivity index (χ0n) is 12.1. The van der Waals surface area contributed by atoms with Gasteiger partial charge in [0, 0.05) is 18.8 Å². The maximum absolute atomic E-state index is 12.1. The largest absolute Gasteiger partial charge is 0.375 e. The number of hydrogen-bond acceptors (Lipinski definition) is 3. The number of hydrogen-bond donors (Lipinski definition) is 2. The fraction of sp³-hybridized carbons (Fsp3) is 0.533. The molecule has 1 fully saturated rings. The highest BCUT2D eigenvalue weighted by molar-refractivity contribution is 5.92. The molecule has 1 aliphatic rings. The summed E-state index contributed by atoms with van der Waals surface area (Å²) in [6.45, 7) is 6.42. The van der Waals surface area contributed by atoms with E-state index in [1.807, 2.05) is 19.1 Å². The van der Waals surface area contributed by atoms with Crippen LogP contribution in [0.1, 0.15) is 24.5 Å². The highest BCUT2D eigenvalue weighted by Crippen LogP contribution is 2.21. The Kier molecular flexibility index (Phi) is 6.99. The fourth-order valence-electron chi connectivity index (χ4n) is 2.35. The average Bonchev–Trinajstić information content (AvgIpc) is 2.42. The Labute approximate surface area is 126 Å². The Morgan fingerprint density at radius 3 is 2.95 bits per heavy atom. The van der Waals surface area contributed by atoms with E-state index in [0.717, 1.165) is 30.8 Å². The van der Waals surface area contributed by atoms with Crippen LogP contribution in [-0.2, 0) is 16.0 Å². The van der Waals surface area contributed by atoms with Gasteiger partial charge in [-0.25, -0.2) is 0 Å². The standard InChI is InChI=1S/C15H22N2O2.ClH/c1-3-12-6-4-5-11(2)15(12)17-14(18)9-13-10-16-7-8-19-13;/h4-6,13,16H,3,7-10H2,1-2H3,(H,17,18);1H. The first kappa shape index (κ1) is 17.0. The molecule has 20 heavy (non-hydrogen) atoms. The van der Waals surface area contributed by atoms with Crippen LogP contribution < -0.4 is 10.6 Å². The van der Waals surface area contributed by atoms with E-state index in [4.69, 9.17) is 4.74 Å². The molecule has 0 spiro atoms. The van der Waals surface area contributed by atoms with Crippen molar-refractivity contribution in [3.8, 4) is 0 Å². The van der Waals surface area contributed by atoms with E-state index >= 15 is 0 Å². The fourth-order valence-corrected chi connectivity index (χ4v) is 2.35. The van der Waals surface area contributed by atoms with Gasteiger partial charge in [0.1, 0.15) is 0 Å². The molecule has 1 saturated heterocycles. The molecule has 0 radical (unpaired) electrons. The van der Waals surface area contributed by atoms with Crippen molar-refractivity contribution in [1.82, 2.24) is 5.32 Å². The number of nitrogens with one attached hydrogen (secondary N) is 2. The second-order valence-corrected chi connectivity index (χ2v) is 4.91. The van der Waals surface area contributed by atoms with Gasteiger partial charge in [0.25, 0.3) is 0 Å². The number of halogens is 1. The molecule has 0 aromatic heterocycles. The summed E-state index contributed by atoms with van der Waals surface area (Å²) < 4.78 is 5.55. The first-order valence-electron chi connectivity index (χ1n) is 6.91. The van der Waals surface area contributed by atoms with Crippen LogP contribution in [0.25, 0.3) is 0 Å². The number of morpholine rings is 1. The SMILES string of the molecule is CCc1cccc(C)c1NC(=O)CC1CNCCO1.Cl. The molecular weight excluding hydrogens is 276 g/mol. The van der Waals surface area contributed by atoms with Crippen LogP contribution >= 0.6 is 12.4 Å². The minimum atomic E-state index is -0.0113. The molecule has 2 N–H and O–H groups in total. The van der Waals surface area contributed by atoms with Gasteiger partial charge in [0.15, 0.2) is 0 Å². The van der Waals surface area contributed by atoms with Gasteiger partial charge >= 0.3 is 0 Å². The number of para-hydroxylation sites is 1. The lowest BCUT2D eigenvalue weighted by atomic mass is 10.1. The quantitative estimate of drug-likeness (QED) is 0.897. The summed E-state index contributed by atoms with van der Waals surface area (Å²) in [4.78, 5) is 12.1. The number of rotatable bonds is 4. The number of aryl methyl sites for hydroxylation is 2. The second kappa shape index (κ2) is 8.25. The molecule has 1 unspecified atom stereocenters. The molecule has 1 aromatic carbocycles. The number of ether oxygens (including phenoxy) is 1. The lowest BCUT2D eigenvalue weighted by Crippen LogP contribution is -2.40. The zero-order valence-corrected chi connectivity index (χ0v) is 12.9. The summed E-state index contributed by atoms with van der Waals surface area (Å²) in [7, 11) is 0. The maximum Gasteiger partial charge on any atom is 0.227 e. The normalized spacial score (nSPS) is 18.2. The average molecular weight is 299 g/mol. The number of carbonyl (C=O) groups excluding carboxylic acids is 1. The number of amides is 1. The van der Waals surface area contributed by atoms with E-state index in [0.29, 0.717) is 13.0 Å². The minimum Gasteiger partial charge on any atom is -0.375 e. The van der Waals surface area contributed by atoms with E-state index in [-0.39, 0.29) is 24.4 Å². The van der Waals surface area contributed by atoms with Crippen molar-refractivity contribution in [2.24, 2.45) is 0 Å². The van der Waals surface area contributed by atoms with Crippen LogP contribution in [0, 0.1) is 6.92 Å². The summed E-state index contributed by atoms with van der Waals surface area (Å²) >= 11 is 0. The molecule has 2 rings (SSSR count). The van der Waals surface area contributed by atoms with Crippen LogP contribution in [-0.4, -0.2) is 31.7 Å². The van der Waals surface area contributed by atoms with Crippen LogP contribution in [0.5, 0.6) is 0 Å². The van der Waals surface area contributed by atoms with E-state index in [1.165, 1.54) is 5.56 Å². The van der Waals surface area contributed by atoms with E-state index < -0.39 is 0 Å². The van der Waals surface area contributed by atoms with Crippen LogP contribution in [0.3, 0.4) is 0 Å². The molecule has 112 valence electrons. The van der Waals surface area contributed by atoms with Crippen molar-refractivity contribution >= 4 is 24.0 Å². The monoisotopic (exact) mass is 298 g/mol. The van der Waals surface area contributed by atoms with Gasteiger partial charge in [0.2, 0.25) is 5.91 Å². The lowest BCUT2D eigenvalue weighted by molar-refractivity contribution is -0.119. The van der Waals surface area contributed by atoms with Crippen molar-refractivity contribution in [2.75, 3.05) is 25.0 Å². The third kappa shape index (κ3) is 4.47. The molecule has 5 heteroatoms. The van der Waals surface area contributed by atoms with Gasteiger partial charge in [-0.3, -0.25) is 4.79 Å². The number of carbonyl (C=O) groups is 1. The van der Waals surface area contributed by atoms with E-state index in [1.54, 1.807) is 0 Å². The van der Waals surface area contributed by atoms with Crippen molar-refractivity contribution in [2.45, 2.75) is 32.8 Å². The van der Waals surface area contributed by atoms with Crippen LogP contribution in [0.4, 0.5) is 5.69 Å².